The first-order valence-corrected chi connectivity index (χ1v) is 12.6. The second-order valence-corrected chi connectivity index (χ2v) is 9.76. The van der Waals surface area contributed by atoms with Gasteiger partial charge in [0.25, 0.3) is 5.91 Å². The van der Waals surface area contributed by atoms with Crippen LogP contribution in [0.3, 0.4) is 0 Å². The largest absolute Gasteiger partial charge is 0.416 e. The Kier molecular flexibility index (Phi) is 6.66. The normalized spacial score (nSPS) is 14.2. The summed E-state index contributed by atoms with van der Waals surface area (Å²) in [4.78, 5) is 41.8. The average Bonchev–Trinajstić information content (AvgIpc) is 3.44. The molecule has 3 heterocycles. The third-order valence-electron chi connectivity index (χ3n) is 6.54. The number of halogens is 3. The predicted octanol–water partition coefficient (Wildman–Crippen LogP) is 5.00. The fourth-order valence-corrected chi connectivity index (χ4v) is 5.38. The molecule has 1 aliphatic heterocycles. The van der Waals surface area contributed by atoms with Gasteiger partial charge in [0.2, 0.25) is 0 Å². The van der Waals surface area contributed by atoms with Gasteiger partial charge in [-0.2, -0.15) is 13.2 Å². The Labute approximate surface area is 218 Å². The molecule has 0 bridgehead atoms. The molecule has 4 aromatic rings. The van der Waals surface area contributed by atoms with Crippen molar-refractivity contribution in [1.29, 1.82) is 0 Å². The molecule has 12 heteroatoms. The van der Waals surface area contributed by atoms with E-state index in [0.29, 0.717) is 47.5 Å². The molecule has 0 radical (unpaired) electrons. The SMILES string of the molecule is O=C(c1cccs1)N1CCN(c2c([N+](=O)[O-])c(=O)n(Cc3ccc(C(F)(F)F)cc3)c3ccccc23)CC1. The minimum Gasteiger partial charge on any atom is -0.362 e. The topological polar surface area (TPSA) is 88.7 Å². The van der Waals surface area contributed by atoms with Gasteiger partial charge in [-0.1, -0.05) is 36.4 Å². The van der Waals surface area contributed by atoms with Crippen molar-refractivity contribution >= 4 is 39.5 Å². The van der Waals surface area contributed by atoms with E-state index >= 15 is 0 Å². The molecule has 8 nitrogen and oxygen atoms in total. The molecule has 0 saturated carbocycles. The summed E-state index contributed by atoms with van der Waals surface area (Å²) >= 11 is 1.34. The zero-order chi connectivity index (χ0) is 27.0. The number of rotatable bonds is 5. The van der Waals surface area contributed by atoms with Crippen LogP contribution < -0.4 is 10.5 Å². The maximum Gasteiger partial charge on any atom is 0.416 e. The van der Waals surface area contributed by atoms with Crippen LogP contribution in [0.5, 0.6) is 0 Å². The number of alkyl halides is 3. The first kappa shape index (κ1) is 25.5. The summed E-state index contributed by atoms with van der Waals surface area (Å²) in [7, 11) is 0. The highest BCUT2D eigenvalue weighted by Crippen LogP contribution is 2.35. The minimum absolute atomic E-state index is 0.106. The maximum absolute atomic E-state index is 13.5. The lowest BCUT2D eigenvalue weighted by Crippen LogP contribution is -2.49. The van der Waals surface area contributed by atoms with Gasteiger partial charge in [-0.15, -0.1) is 11.3 Å². The van der Waals surface area contributed by atoms with Crippen molar-refractivity contribution < 1.29 is 22.9 Å². The van der Waals surface area contributed by atoms with E-state index < -0.39 is 27.9 Å². The lowest BCUT2D eigenvalue weighted by atomic mass is 10.1. The smallest absolute Gasteiger partial charge is 0.362 e. The first-order valence-electron chi connectivity index (χ1n) is 11.7. The van der Waals surface area contributed by atoms with Crippen LogP contribution in [0.25, 0.3) is 10.9 Å². The quantitative estimate of drug-likeness (QED) is 0.262. The number of carbonyl (C=O) groups excluding carboxylic acids is 1. The Bertz CT molecular complexity index is 1560. The Morgan fingerprint density at radius 2 is 1.66 bits per heavy atom. The number of aromatic nitrogens is 1. The second-order valence-electron chi connectivity index (χ2n) is 8.81. The number of para-hydroxylation sites is 1. The molecular weight excluding hydrogens is 521 g/mol. The van der Waals surface area contributed by atoms with Crippen LogP contribution in [0.2, 0.25) is 0 Å². The van der Waals surface area contributed by atoms with Crippen LogP contribution >= 0.6 is 11.3 Å². The van der Waals surface area contributed by atoms with Crippen LogP contribution in [-0.4, -0.2) is 46.5 Å². The fourth-order valence-electron chi connectivity index (χ4n) is 4.69. The highest BCUT2D eigenvalue weighted by Gasteiger charge is 2.33. The molecule has 196 valence electrons. The van der Waals surface area contributed by atoms with E-state index in [1.807, 2.05) is 5.38 Å². The van der Waals surface area contributed by atoms with Crippen LogP contribution in [0.1, 0.15) is 20.8 Å². The molecule has 0 unspecified atom stereocenters. The molecule has 5 rings (SSSR count). The summed E-state index contributed by atoms with van der Waals surface area (Å²) in [6.07, 6.45) is -4.50. The van der Waals surface area contributed by atoms with Gasteiger partial charge < -0.3 is 9.80 Å². The van der Waals surface area contributed by atoms with Crippen molar-refractivity contribution in [2.24, 2.45) is 0 Å². The summed E-state index contributed by atoms with van der Waals surface area (Å²) in [5, 5.41) is 14.5. The Morgan fingerprint density at radius 1 is 0.974 bits per heavy atom. The van der Waals surface area contributed by atoms with E-state index in [4.69, 9.17) is 0 Å². The molecule has 1 aliphatic rings. The van der Waals surface area contributed by atoms with Gasteiger partial charge in [0, 0.05) is 31.6 Å². The van der Waals surface area contributed by atoms with Crippen molar-refractivity contribution in [2.45, 2.75) is 12.7 Å². The number of nitro groups is 1. The standard InChI is InChI=1S/C26H21F3N4O4S/c27-26(28,29)18-9-7-17(8-10-18)16-32-20-5-2-1-4-19(20)22(23(25(32)35)33(36)37)30-11-13-31(14-12-30)24(34)21-6-3-15-38-21/h1-10,15H,11-14,16H2. The van der Waals surface area contributed by atoms with Crippen molar-refractivity contribution in [1.82, 2.24) is 9.47 Å². The zero-order valence-corrected chi connectivity index (χ0v) is 20.7. The summed E-state index contributed by atoms with van der Waals surface area (Å²) in [6, 6.07) is 14.6. The summed E-state index contributed by atoms with van der Waals surface area (Å²) in [5.41, 5.74) is -1.27. The van der Waals surface area contributed by atoms with Gasteiger partial charge in [0.05, 0.1) is 27.4 Å². The lowest BCUT2D eigenvalue weighted by molar-refractivity contribution is -0.385. The second kappa shape index (κ2) is 9.93. The monoisotopic (exact) mass is 542 g/mol. The number of anilines is 1. The van der Waals surface area contributed by atoms with Gasteiger partial charge in [-0.3, -0.25) is 24.3 Å². The average molecular weight is 543 g/mol. The van der Waals surface area contributed by atoms with Gasteiger partial charge in [-0.05, 0) is 35.2 Å². The predicted molar refractivity (Wildman–Crippen MR) is 138 cm³/mol. The molecular formula is C26H21F3N4O4S. The van der Waals surface area contributed by atoms with E-state index in [1.54, 1.807) is 46.2 Å². The molecule has 0 atom stereocenters. The number of hydrogen-bond acceptors (Lipinski definition) is 6. The summed E-state index contributed by atoms with van der Waals surface area (Å²) < 4.78 is 40.1. The summed E-state index contributed by atoms with van der Waals surface area (Å²) in [6.45, 7) is 1.12. The van der Waals surface area contributed by atoms with E-state index in [-0.39, 0.29) is 18.1 Å². The van der Waals surface area contributed by atoms with E-state index in [9.17, 15) is 32.9 Å². The fraction of sp³-hybridized carbons (Fsp3) is 0.231. The Morgan fingerprint density at radius 3 is 2.26 bits per heavy atom. The van der Waals surface area contributed by atoms with Crippen LogP contribution in [0.4, 0.5) is 24.5 Å². The van der Waals surface area contributed by atoms with Crippen molar-refractivity contribution in [3.05, 3.63) is 103 Å². The molecule has 2 aromatic heterocycles. The molecule has 38 heavy (non-hydrogen) atoms. The number of thiophene rings is 1. The van der Waals surface area contributed by atoms with E-state index in [1.165, 1.54) is 28.0 Å². The Balaban J connectivity index is 1.52. The molecule has 1 amide bonds. The molecule has 2 aromatic carbocycles. The third-order valence-corrected chi connectivity index (χ3v) is 7.40. The van der Waals surface area contributed by atoms with Crippen molar-refractivity contribution in [2.75, 3.05) is 31.1 Å². The number of piperazine rings is 1. The number of carbonyl (C=O) groups is 1. The van der Waals surface area contributed by atoms with Gasteiger partial charge in [0.15, 0.2) is 0 Å². The molecule has 1 saturated heterocycles. The van der Waals surface area contributed by atoms with Crippen LogP contribution in [0.15, 0.2) is 70.8 Å². The molecule has 0 aliphatic carbocycles. The third kappa shape index (κ3) is 4.74. The maximum atomic E-state index is 13.5. The van der Waals surface area contributed by atoms with Crippen molar-refractivity contribution in [3.8, 4) is 0 Å². The number of benzene rings is 2. The highest BCUT2D eigenvalue weighted by molar-refractivity contribution is 7.12. The molecule has 1 fully saturated rings. The minimum atomic E-state index is -4.50. The molecule has 0 spiro atoms. The zero-order valence-electron chi connectivity index (χ0n) is 19.9. The van der Waals surface area contributed by atoms with Gasteiger partial charge in [-0.25, -0.2) is 0 Å². The van der Waals surface area contributed by atoms with Gasteiger partial charge in [0.1, 0.15) is 5.69 Å². The number of pyridine rings is 1. The number of hydrogen-bond donors (Lipinski definition) is 0. The van der Waals surface area contributed by atoms with E-state index in [0.717, 1.165) is 12.1 Å². The number of amides is 1. The molecule has 0 N–H and O–H groups in total. The van der Waals surface area contributed by atoms with Crippen molar-refractivity contribution in [3.63, 3.8) is 0 Å². The highest BCUT2D eigenvalue weighted by atomic mass is 32.1. The Hall–Kier alpha value is -4.19. The van der Waals surface area contributed by atoms with Crippen LogP contribution in [-0.2, 0) is 12.7 Å². The van der Waals surface area contributed by atoms with E-state index in [2.05, 4.69) is 0 Å². The lowest BCUT2D eigenvalue weighted by Gasteiger charge is -2.36. The van der Waals surface area contributed by atoms with Gasteiger partial charge >= 0.3 is 17.4 Å². The number of nitrogens with zero attached hydrogens (tertiary/aromatic N) is 4. The summed E-state index contributed by atoms with van der Waals surface area (Å²) in [5.74, 6) is -0.106. The van der Waals surface area contributed by atoms with Crippen LogP contribution in [0, 0.1) is 10.1 Å². The number of fused-ring (bicyclic) bond motifs is 1. The first-order chi connectivity index (χ1) is 18.1.